The van der Waals surface area contributed by atoms with E-state index < -0.39 is 0 Å². The molecular formula is C17H23NS. The zero-order chi connectivity index (χ0) is 13.8. The smallest absolute Gasteiger partial charge is 0.0671 e. The molecule has 0 aliphatic carbocycles. The Hall–Kier alpha value is -1.12. The molecule has 0 bridgehead atoms. The maximum Gasteiger partial charge on any atom is 0.0671 e. The first-order valence-corrected chi connectivity index (χ1v) is 7.80. The maximum absolute atomic E-state index is 3.67. The first kappa shape index (κ1) is 14.3. The van der Waals surface area contributed by atoms with Crippen molar-refractivity contribution in [2.24, 2.45) is 0 Å². The quantitative estimate of drug-likeness (QED) is 0.828. The summed E-state index contributed by atoms with van der Waals surface area (Å²) in [5, 5.41) is 3.67. The normalized spacial score (nSPS) is 12.6. The minimum Gasteiger partial charge on any atom is -0.306 e. The fourth-order valence-electron chi connectivity index (χ4n) is 2.22. The van der Waals surface area contributed by atoms with Gasteiger partial charge in [0.05, 0.1) is 6.04 Å². The van der Waals surface area contributed by atoms with Gasteiger partial charge in [0, 0.05) is 9.75 Å². The monoisotopic (exact) mass is 273 g/mol. The second kappa shape index (κ2) is 6.36. The van der Waals surface area contributed by atoms with Crippen molar-refractivity contribution in [2.45, 2.75) is 40.2 Å². The van der Waals surface area contributed by atoms with Crippen LogP contribution in [0.15, 0.2) is 30.3 Å². The fourth-order valence-corrected chi connectivity index (χ4v) is 3.21. The molecule has 1 nitrogen and oxygen atoms in total. The Balaban J connectivity index is 2.33. The summed E-state index contributed by atoms with van der Waals surface area (Å²) < 4.78 is 0. The van der Waals surface area contributed by atoms with Crippen LogP contribution in [-0.4, -0.2) is 6.54 Å². The van der Waals surface area contributed by atoms with Crippen LogP contribution < -0.4 is 5.32 Å². The topological polar surface area (TPSA) is 12.0 Å². The van der Waals surface area contributed by atoms with Gasteiger partial charge in [0.2, 0.25) is 0 Å². The minimum atomic E-state index is 0.331. The van der Waals surface area contributed by atoms with E-state index in [1.165, 1.54) is 26.4 Å². The highest BCUT2D eigenvalue weighted by molar-refractivity contribution is 7.12. The summed E-state index contributed by atoms with van der Waals surface area (Å²) in [7, 11) is 0. The van der Waals surface area contributed by atoms with Gasteiger partial charge < -0.3 is 5.32 Å². The largest absolute Gasteiger partial charge is 0.306 e. The van der Waals surface area contributed by atoms with Gasteiger partial charge in [-0.25, -0.2) is 0 Å². The molecule has 0 fully saturated rings. The van der Waals surface area contributed by atoms with E-state index in [1.807, 2.05) is 11.3 Å². The molecular weight excluding hydrogens is 250 g/mol. The van der Waals surface area contributed by atoms with Crippen molar-refractivity contribution in [1.82, 2.24) is 5.32 Å². The predicted octanol–water partition coefficient (Wildman–Crippen LogP) is 4.76. The van der Waals surface area contributed by atoms with Crippen LogP contribution >= 0.6 is 11.3 Å². The lowest BCUT2D eigenvalue weighted by Crippen LogP contribution is -2.22. The van der Waals surface area contributed by atoms with Crippen molar-refractivity contribution in [2.75, 3.05) is 6.54 Å². The molecule has 0 spiro atoms. The van der Waals surface area contributed by atoms with Crippen molar-refractivity contribution < 1.29 is 0 Å². The first-order valence-electron chi connectivity index (χ1n) is 6.98. The Morgan fingerprint density at radius 1 is 1.05 bits per heavy atom. The summed E-state index contributed by atoms with van der Waals surface area (Å²) in [5.41, 5.74) is 4.10. The average Bonchev–Trinajstić information content (AvgIpc) is 2.80. The van der Waals surface area contributed by atoms with E-state index in [2.05, 4.69) is 63.3 Å². The number of thiophene rings is 1. The number of rotatable bonds is 5. The van der Waals surface area contributed by atoms with Gasteiger partial charge >= 0.3 is 0 Å². The van der Waals surface area contributed by atoms with Crippen molar-refractivity contribution >= 4 is 11.3 Å². The molecule has 2 aromatic rings. The summed E-state index contributed by atoms with van der Waals surface area (Å²) in [5.74, 6) is 0. The van der Waals surface area contributed by atoms with Crippen LogP contribution in [0.5, 0.6) is 0 Å². The number of hydrogen-bond acceptors (Lipinski definition) is 2. The third-order valence-electron chi connectivity index (χ3n) is 3.51. The molecule has 1 unspecified atom stereocenters. The van der Waals surface area contributed by atoms with E-state index in [0.717, 1.165) is 13.0 Å². The second-order valence-corrected chi connectivity index (χ2v) is 6.50. The Morgan fingerprint density at radius 3 is 2.42 bits per heavy atom. The van der Waals surface area contributed by atoms with Crippen LogP contribution in [0, 0.1) is 20.8 Å². The zero-order valence-electron chi connectivity index (χ0n) is 12.3. The van der Waals surface area contributed by atoms with Crippen LogP contribution in [0.1, 0.15) is 45.8 Å². The molecule has 1 atom stereocenters. The molecule has 0 saturated carbocycles. The molecule has 0 amide bonds. The highest BCUT2D eigenvalue weighted by Gasteiger charge is 2.15. The molecule has 2 rings (SSSR count). The van der Waals surface area contributed by atoms with Gasteiger partial charge in [-0.3, -0.25) is 0 Å². The van der Waals surface area contributed by atoms with Crippen molar-refractivity contribution in [3.8, 4) is 0 Å². The van der Waals surface area contributed by atoms with Crippen LogP contribution in [0.3, 0.4) is 0 Å². The maximum atomic E-state index is 3.67. The second-order valence-electron chi connectivity index (χ2n) is 5.18. The summed E-state index contributed by atoms with van der Waals surface area (Å²) in [6.45, 7) is 9.79. The fraction of sp³-hybridized carbons (Fsp3) is 0.412. The van der Waals surface area contributed by atoms with Gasteiger partial charge in [0.25, 0.3) is 0 Å². The zero-order valence-corrected chi connectivity index (χ0v) is 13.1. The number of hydrogen-bond donors (Lipinski definition) is 1. The average molecular weight is 273 g/mol. The molecule has 1 N–H and O–H groups in total. The highest BCUT2D eigenvalue weighted by atomic mass is 32.1. The van der Waals surface area contributed by atoms with Crippen LogP contribution in [0.25, 0.3) is 0 Å². The first-order chi connectivity index (χ1) is 9.11. The van der Waals surface area contributed by atoms with Gasteiger partial charge in [-0.15, -0.1) is 11.3 Å². The van der Waals surface area contributed by atoms with Gasteiger partial charge in [-0.2, -0.15) is 0 Å². The van der Waals surface area contributed by atoms with Gasteiger partial charge in [-0.1, -0.05) is 25.1 Å². The predicted molar refractivity (Wildman–Crippen MR) is 85.1 cm³/mol. The molecule has 1 aromatic heterocycles. The molecule has 2 heteroatoms. The lowest BCUT2D eigenvalue weighted by atomic mass is 10.00. The van der Waals surface area contributed by atoms with Gasteiger partial charge in [0.1, 0.15) is 0 Å². The Morgan fingerprint density at radius 2 is 1.84 bits per heavy atom. The van der Waals surface area contributed by atoms with Crippen LogP contribution in [0.2, 0.25) is 0 Å². The minimum absolute atomic E-state index is 0.331. The summed E-state index contributed by atoms with van der Waals surface area (Å²) in [6, 6.07) is 11.6. The van der Waals surface area contributed by atoms with E-state index in [4.69, 9.17) is 0 Å². The van der Waals surface area contributed by atoms with E-state index >= 15 is 0 Å². The molecule has 19 heavy (non-hydrogen) atoms. The van der Waals surface area contributed by atoms with Crippen molar-refractivity contribution in [3.05, 3.63) is 56.8 Å². The number of nitrogens with one attached hydrogen (secondary N) is 1. The third-order valence-corrected chi connectivity index (χ3v) is 4.57. The summed E-state index contributed by atoms with van der Waals surface area (Å²) in [4.78, 5) is 2.79. The van der Waals surface area contributed by atoms with E-state index in [1.54, 1.807) is 0 Å². The van der Waals surface area contributed by atoms with E-state index in [0.29, 0.717) is 6.04 Å². The molecule has 0 saturated heterocycles. The SMILES string of the molecule is CCCNC(c1ccc(C)c(C)c1)c1ccc(C)s1. The lowest BCUT2D eigenvalue weighted by molar-refractivity contribution is 0.605. The Kier molecular flexibility index (Phi) is 4.78. The molecule has 0 aliphatic rings. The van der Waals surface area contributed by atoms with Crippen LogP contribution in [-0.2, 0) is 0 Å². The van der Waals surface area contributed by atoms with E-state index in [9.17, 15) is 0 Å². The van der Waals surface area contributed by atoms with Crippen molar-refractivity contribution in [1.29, 1.82) is 0 Å². The highest BCUT2D eigenvalue weighted by Crippen LogP contribution is 2.29. The van der Waals surface area contributed by atoms with Crippen molar-refractivity contribution in [3.63, 3.8) is 0 Å². The summed E-state index contributed by atoms with van der Waals surface area (Å²) in [6.07, 6.45) is 1.16. The van der Waals surface area contributed by atoms with E-state index in [-0.39, 0.29) is 0 Å². The molecule has 0 aliphatic heterocycles. The molecule has 1 aromatic carbocycles. The third kappa shape index (κ3) is 3.46. The molecule has 0 radical (unpaired) electrons. The van der Waals surface area contributed by atoms with Gasteiger partial charge in [-0.05, 0) is 62.6 Å². The van der Waals surface area contributed by atoms with Crippen LogP contribution in [0.4, 0.5) is 0 Å². The number of aryl methyl sites for hydroxylation is 3. The lowest BCUT2D eigenvalue weighted by Gasteiger charge is -2.19. The Bertz CT molecular complexity index is 542. The van der Waals surface area contributed by atoms with Gasteiger partial charge in [0.15, 0.2) is 0 Å². The number of benzene rings is 1. The Labute approximate surface area is 120 Å². The molecule has 102 valence electrons. The molecule has 1 heterocycles. The standard InChI is InChI=1S/C17H23NS/c1-5-10-18-17(16-9-7-14(4)19-16)15-8-6-12(2)13(3)11-15/h6-9,11,17-18H,5,10H2,1-4H3. The summed E-state index contributed by atoms with van der Waals surface area (Å²) >= 11 is 1.89.